The lowest BCUT2D eigenvalue weighted by molar-refractivity contribution is -0.137. The zero-order valence-electron chi connectivity index (χ0n) is 20.6. The molecule has 1 aliphatic heterocycles. The van der Waals surface area contributed by atoms with Crippen molar-refractivity contribution in [3.63, 3.8) is 0 Å². The number of rotatable bonds is 4. The summed E-state index contributed by atoms with van der Waals surface area (Å²) >= 11 is 0. The van der Waals surface area contributed by atoms with Crippen LogP contribution in [0.3, 0.4) is 0 Å². The maximum absolute atomic E-state index is 13.4. The first-order chi connectivity index (χ1) is 14.9. The molecule has 2 unspecified atom stereocenters. The molecule has 1 radical (unpaired) electrons. The van der Waals surface area contributed by atoms with Gasteiger partial charge in [0.25, 0.3) is 5.56 Å². The van der Waals surface area contributed by atoms with E-state index < -0.39 is 38.0 Å². The van der Waals surface area contributed by atoms with E-state index in [0.29, 0.717) is 17.7 Å². The van der Waals surface area contributed by atoms with Crippen LogP contribution in [0.2, 0.25) is 13.1 Å². The molecule has 0 aliphatic carbocycles. The Labute approximate surface area is 195 Å². The molecule has 4 nitrogen and oxygen atoms in total. The molecule has 0 bridgehead atoms. The number of alkyl halides is 3. The summed E-state index contributed by atoms with van der Waals surface area (Å²) in [5, 5.41) is 0. The van der Waals surface area contributed by atoms with Gasteiger partial charge in [-0.3, -0.25) is 4.79 Å². The van der Waals surface area contributed by atoms with Crippen molar-refractivity contribution in [2.45, 2.75) is 84.5 Å². The maximum Gasteiger partial charge on any atom is 0.416 e. The maximum atomic E-state index is 13.4. The fourth-order valence-corrected chi connectivity index (χ4v) is 5.58. The van der Waals surface area contributed by atoms with Crippen LogP contribution in [0.4, 0.5) is 13.2 Å². The topological polar surface area (TPSA) is 40.5 Å². The molecule has 2 heterocycles. The summed E-state index contributed by atoms with van der Waals surface area (Å²) in [7, 11) is -1.07. The zero-order chi connectivity index (χ0) is 25.0. The van der Waals surface area contributed by atoms with Crippen molar-refractivity contribution in [3.05, 3.63) is 63.6 Å². The van der Waals surface area contributed by atoms with Gasteiger partial charge in [-0.2, -0.15) is 13.2 Å². The summed E-state index contributed by atoms with van der Waals surface area (Å²) in [6, 6.07) is 6.30. The predicted molar refractivity (Wildman–Crippen MR) is 125 cm³/mol. The van der Waals surface area contributed by atoms with E-state index in [1.54, 1.807) is 12.3 Å². The first-order valence-electron chi connectivity index (χ1n) is 11.1. The van der Waals surface area contributed by atoms with E-state index in [2.05, 4.69) is 33.9 Å². The van der Waals surface area contributed by atoms with Gasteiger partial charge in [0.2, 0.25) is 9.04 Å². The summed E-state index contributed by atoms with van der Waals surface area (Å²) in [6.07, 6.45) is -2.43. The van der Waals surface area contributed by atoms with E-state index in [1.807, 2.05) is 26.8 Å². The lowest BCUT2D eigenvalue weighted by atomic mass is 9.74. The van der Waals surface area contributed by atoms with Gasteiger partial charge in [0.15, 0.2) is 0 Å². The highest BCUT2D eigenvalue weighted by Crippen LogP contribution is 2.45. The van der Waals surface area contributed by atoms with Crippen LogP contribution in [-0.2, 0) is 16.2 Å². The third-order valence-corrected chi connectivity index (χ3v) is 7.26. The molecular weight excluding hydrogens is 447 g/mol. The van der Waals surface area contributed by atoms with Gasteiger partial charge < -0.3 is 13.7 Å². The molecular formula is C25H33F3NO3Si. The largest absolute Gasteiger partial charge is 0.487 e. The van der Waals surface area contributed by atoms with Gasteiger partial charge in [-0.25, -0.2) is 0 Å². The minimum Gasteiger partial charge on any atom is -0.487 e. The first kappa shape index (κ1) is 25.6. The van der Waals surface area contributed by atoms with E-state index >= 15 is 0 Å². The molecule has 33 heavy (non-hydrogen) atoms. The van der Waals surface area contributed by atoms with Gasteiger partial charge >= 0.3 is 6.18 Å². The SMILES string of the molecule is C[Si](C)OC(C)(c1ccn(C2CC(C)(C)Oc3ccc(C(F)(F)F)cc32)c(=O)c1)C(C)(C)C. The second-order valence-electron chi connectivity index (χ2n) is 10.8. The Bertz CT molecular complexity index is 1090. The van der Waals surface area contributed by atoms with Crippen molar-refractivity contribution in [1.29, 1.82) is 0 Å². The van der Waals surface area contributed by atoms with Gasteiger partial charge in [0, 0.05) is 24.2 Å². The molecule has 0 spiro atoms. The van der Waals surface area contributed by atoms with Gasteiger partial charge in [0.1, 0.15) is 11.4 Å². The van der Waals surface area contributed by atoms with Crippen LogP contribution in [0.25, 0.3) is 0 Å². The lowest BCUT2D eigenvalue weighted by Crippen LogP contribution is -2.44. The van der Waals surface area contributed by atoms with Crippen LogP contribution in [0.5, 0.6) is 5.75 Å². The number of aromatic nitrogens is 1. The van der Waals surface area contributed by atoms with Crippen molar-refractivity contribution >= 4 is 9.04 Å². The number of fused-ring (bicyclic) bond motifs is 1. The number of nitrogens with zero attached hydrogens (tertiary/aromatic N) is 1. The van der Waals surface area contributed by atoms with E-state index in [0.717, 1.165) is 17.7 Å². The Hall–Kier alpha value is -2.06. The van der Waals surface area contributed by atoms with Crippen LogP contribution in [0.1, 0.15) is 70.7 Å². The fourth-order valence-electron chi connectivity index (χ4n) is 4.34. The van der Waals surface area contributed by atoms with E-state index in [1.165, 1.54) is 10.6 Å². The molecule has 181 valence electrons. The predicted octanol–water partition coefficient (Wildman–Crippen LogP) is 6.55. The summed E-state index contributed by atoms with van der Waals surface area (Å²) < 4.78 is 54.0. The highest BCUT2D eigenvalue weighted by Gasteiger charge is 2.42. The number of hydrogen-bond acceptors (Lipinski definition) is 3. The molecule has 3 rings (SSSR count). The Morgan fingerprint density at radius 2 is 1.70 bits per heavy atom. The Balaban J connectivity index is 2.14. The van der Waals surface area contributed by atoms with Crippen molar-refractivity contribution in [2.75, 3.05) is 0 Å². The molecule has 1 aromatic carbocycles. The average molecular weight is 481 g/mol. The van der Waals surface area contributed by atoms with Crippen molar-refractivity contribution in [2.24, 2.45) is 5.41 Å². The smallest absolute Gasteiger partial charge is 0.416 e. The number of benzene rings is 1. The minimum absolute atomic E-state index is 0.275. The summed E-state index contributed by atoms with van der Waals surface area (Å²) in [5.41, 5.74) is -1.51. The van der Waals surface area contributed by atoms with Crippen LogP contribution in [-0.4, -0.2) is 19.2 Å². The normalized spacial score (nSPS) is 20.2. The van der Waals surface area contributed by atoms with Gasteiger partial charge in [-0.05, 0) is 69.1 Å². The lowest BCUT2D eigenvalue weighted by Gasteiger charge is -2.44. The molecule has 8 heteroatoms. The molecule has 1 aromatic heterocycles. The molecule has 2 aromatic rings. The minimum atomic E-state index is -4.48. The number of ether oxygens (including phenoxy) is 1. The highest BCUT2D eigenvalue weighted by molar-refractivity contribution is 6.48. The van der Waals surface area contributed by atoms with Crippen molar-refractivity contribution in [1.82, 2.24) is 4.57 Å². The highest BCUT2D eigenvalue weighted by atomic mass is 28.3. The van der Waals surface area contributed by atoms with Crippen molar-refractivity contribution < 1.29 is 22.3 Å². The van der Waals surface area contributed by atoms with Gasteiger partial charge in [-0.1, -0.05) is 20.8 Å². The van der Waals surface area contributed by atoms with Crippen LogP contribution in [0.15, 0.2) is 41.3 Å². The van der Waals surface area contributed by atoms with Crippen LogP contribution in [0, 0.1) is 5.41 Å². The van der Waals surface area contributed by atoms with Crippen LogP contribution >= 0.6 is 0 Å². The Morgan fingerprint density at radius 3 is 2.21 bits per heavy atom. The van der Waals surface area contributed by atoms with Gasteiger partial charge in [0.05, 0.1) is 17.2 Å². The molecule has 0 saturated carbocycles. The van der Waals surface area contributed by atoms with Gasteiger partial charge in [-0.15, -0.1) is 0 Å². The quantitative estimate of drug-likeness (QED) is 0.466. The zero-order valence-corrected chi connectivity index (χ0v) is 21.6. The first-order valence-corrected chi connectivity index (χ1v) is 13.5. The van der Waals surface area contributed by atoms with E-state index in [4.69, 9.17) is 9.16 Å². The summed E-state index contributed by atoms with van der Waals surface area (Å²) in [4.78, 5) is 13.4. The number of halogens is 3. The van der Waals surface area contributed by atoms with E-state index in [-0.39, 0.29) is 11.0 Å². The Kier molecular flexibility index (Phi) is 6.43. The number of pyridine rings is 1. The monoisotopic (exact) mass is 480 g/mol. The molecule has 1 aliphatic rings. The molecule has 0 N–H and O–H groups in total. The van der Waals surface area contributed by atoms with Crippen LogP contribution < -0.4 is 10.3 Å². The van der Waals surface area contributed by atoms with Crippen molar-refractivity contribution in [3.8, 4) is 5.75 Å². The van der Waals surface area contributed by atoms with E-state index in [9.17, 15) is 18.0 Å². The third-order valence-electron chi connectivity index (χ3n) is 6.44. The Morgan fingerprint density at radius 1 is 1.06 bits per heavy atom. The second-order valence-corrected chi connectivity index (χ2v) is 12.8. The number of hydrogen-bond donors (Lipinski definition) is 0. The average Bonchev–Trinajstić information content (AvgIpc) is 2.64. The standard InChI is InChI=1S/C25H33F3NO3Si/c1-22(2,3)24(6,32-33(7)8)16-11-12-29(21(30)14-16)19-15-23(4,5)31-20-10-9-17(13-18(19)20)25(26,27)28/h9-14,19H,15H2,1-8H3. The second kappa shape index (κ2) is 8.31. The summed E-state index contributed by atoms with van der Waals surface area (Å²) in [6.45, 7) is 16.0. The third kappa shape index (κ3) is 5.06. The molecule has 0 fully saturated rings. The molecule has 2 atom stereocenters. The molecule has 0 amide bonds. The molecule has 0 saturated heterocycles. The fraction of sp³-hybridized carbons (Fsp3) is 0.560. The summed E-state index contributed by atoms with van der Waals surface area (Å²) in [5.74, 6) is 0.368.